The van der Waals surface area contributed by atoms with E-state index in [0.717, 1.165) is 0 Å². The molecule has 0 aliphatic heterocycles. The van der Waals surface area contributed by atoms with Crippen molar-refractivity contribution >= 4 is 22.0 Å². The summed E-state index contributed by atoms with van der Waals surface area (Å²) in [6, 6.07) is 6.69. The number of hydrogen-bond acceptors (Lipinski definition) is 4. The van der Waals surface area contributed by atoms with E-state index in [-0.39, 0.29) is 11.3 Å². The fourth-order valence-corrected chi connectivity index (χ4v) is 1.67. The van der Waals surface area contributed by atoms with Crippen LogP contribution in [0.3, 0.4) is 0 Å². The molecule has 5 heteroatoms. The fraction of sp³-hybridized carbons (Fsp3) is 0.167. The SMILES string of the molecule is CCOc1cc(Br)cc(C=C(C#N)C#N)c1O. The molecule has 1 aromatic rings. The Bertz CT molecular complexity index is 523. The predicted octanol–water partition coefficient (Wildman–Crippen LogP) is 2.98. The molecular weight excluding hydrogens is 284 g/mol. The normalized spacial score (nSPS) is 8.94. The summed E-state index contributed by atoms with van der Waals surface area (Å²) in [4.78, 5) is 0. The highest BCUT2D eigenvalue weighted by Crippen LogP contribution is 2.35. The van der Waals surface area contributed by atoms with Gasteiger partial charge < -0.3 is 9.84 Å². The van der Waals surface area contributed by atoms with Crippen molar-refractivity contribution in [3.8, 4) is 23.6 Å². The molecule has 0 saturated carbocycles. The number of hydrogen-bond donors (Lipinski definition) is 1. The van der Waals surface area contributed by atoms with E-state index in [2.05, 4.69) is 15.9 Å². The Hall–Kier alpha value is -1.98. The third kappa shape index (κ3) is 3.24. The molecule has 0 aliphatic rings. The van der Waals surface area contributed by atoms with Crippen LogP contribution in [-0.4, -0.2) is 11.7 Å². The Morgan fingerprint density at radius 1 is 1.47 bits per heavy atom. The number of rotatable bonds is 3. The van der Waals surface area contributed by atoms with Crippen LogP contribution in [0.15, 0.2) is 22.2 Å². The molecule has 17 heavy (non-hydrogen) atoms. The average molecular weight is 293 g/mol. The van der Waals surface area contributed by atoms with Crippen molar-refractivity contribution in [2.45, 2.75) is 6.92 Å². The Kier molecular flexibility index (Phi) is 4.56. The van der Waals surface area contributed by atoms with Gasteiger partial charge >= 0.3 is 0 Å². The molecule has 0 bridgehead atoms. The largest absolute Gasteiger partial charge is 0.504 e. The first-order chi connectivity index (χ1) is 8.12. The van der Waals surface area contributed by atoms with E-state index < -0.39 is 0 Å². The zero-order valence-corrected chi connectivity index (χ0v) is 10.7. The summed E-state index contributed by atoms with van der Waals surface area (Å²) in [5, 5.41) is 27.2. The van der Waals surface area contributed by atoms with Gasteiger partial charge in [0.2, 0.25) is 0 Å². The Morgan fingerprint density at radius 2 is 2.12 bits per heavy atom. The van der Waals surface area contributed by atoms with Crippen molar-refractivity contribution in [1.82, 2.24) is 0 Å². The van der Waals surface area contributed by atoms with E-state index in [1.165, 1.54) is 6.08 Å². The van der Waals surface area contributed by atoms with Crippen LogP contribution in [0.5, 0.6) is 11.5 Å². The molecule has 0 unspecified atom stereocenters. The van der Waals surface area contributed by atoms with E-state index in [1.54, 1.807) is 31.2 Å². The van der Waals surface area contributed by atoms with Crippen molar-refractivity contribution < 1.29 is 9.84 Å². The molecule has 0 aliphatic carbocycles. The second-order valence-corrected chi connectivity index (χ2v) is 3.97. The van der Waals surface area contributed by atoms with E-state index in [4.69, 9.17) is 15.3 Å². The van der Waals surface area contributed by atoms with Gasteiger partial charge in [-0.25, -0.2) is 0 Å². The molecule has 0 fully saturated rings. The van der Waals surface area contributed by atoms with Gasteiger partial charge in [0.05, 0.1) is 6.61 Å². The maximum Gasteiger partial charge on any atom is 0.165 e. The van der Waals surface area contributed by atoms with Crippen LogP contribution in [0.4, 0.5) is 0 Å². The van der Waals surface area contributed by atoms with Gasteiger partial charge in [0.15, 0.2) is 11.5 Å². The number of nitrogens with zero attached hydrogens (tertiary/aromatic N) is 2. The van der Waals surface area contributed by atoms with Crippen molar-refractivity contribution in [1.29, 1.82) is 10.5 Å². The molecule has 1 N–H and O–H groups in total. The Morgan fingerprint density at radius 3 is 2.65 bits per heavy atom. The summed E-state index contributed by atoms with van der Waals surface area (Å²) >= 11 is 3.26. The van der Waals surface area contributed by atoms with Crippen LogP contribution >= 0.6 is 15.9 Å². The summed E-state index contributed by atoms with van der Waals surface area (Å²) in [7, 11) is 0. The van der Waals surface area contributed by atoms with Gasteiger partial charge in [-0.3, -0.25) is 0 Å². The first-order valence-electron chi connectivity index (χ1n) is 4.79. The summed E-state index contributed by atoms with van der Waals surface area (Å²) in [6.07, 6.45) is 1.31. The molecule has 1 aromatic carbocycles. The molecule has 0 aromatic heterocycles. The maximum absolute atomic E-state index is 9.88. The Labute approximate surface area is 107 Å². The van der Waals surface area contributed by atoms with Crippen molar-refractivity contribution in [2.75, 3.05) is 6.61 Å². The quantitative estimate of drug-likeness (QED) is 0.869. The summed E-state index contributed by atoms with van der Waals surface area (Å²) in [5.41, 5.74) is 0.279. The summed E-state index contributed by atoms with van der Waals surface area (Å²) in [6.45, 7) is 2.21. The summed E-state index contributed by atoms with van der Waals surface area (Å²) < 4.78 is 5.93. The number of phenolic OH excluding ortho intramolecular Hbond substituents is 1. The number of phenols is 1. The highest BCUT2D eigenvalue weighted by molar-refractivity contribution is 9.10. The Balaban J connectivity index is 3.31. The standard InChI is InChI=1S/C12H9BrN2O2/c1-2-17-11-5-10(13)4-9(12(11)16)3-8(6-14)7-15/h3-5,16H,2H2,1H3. The van der Waals surface area contributed by atoms with Crippen molar-refractivity contribution in [3.05, 3.63) is 27.7 Å². The highest BCUT2D eigenvalue weighted by Gasteiger charge is 2.09. The molecule has 86 valence electrons. The average Bonchev–Trinajstić information content (AvgIpc) is 2.31. The van der Waals surface area contributed by atoms with Crippen LogP contribution in [0.1, 0.15) is 12.5 Å². The lowest BCUT2D eigenvalue weighted by atomic mass is 10.1. The minimum Gasteiger partial charge on any atom is -0.504 e. The molecule has 1 rings (SSSR count). The molecule has 0 radical (unpaired) electrons. The molecular formula is C12H9BrN2O2. The van der Waals surface area contributed by atoms with Crippen molar-refractivity contribution in [3.63, 3.8) is 0 Å². The van der Waals surface area contributed by atoms with Crippen molar-refractivity contribution in [2.24, 2.45) is 0 Å². The molecule has 0 saturated heterocycles. The number of halogens is 1. The second-order valence-electron chi connectivity index (χ2n) is 3.06. The molecule has 4 nitrogen and oxygen atoms in total. The fourth-order valence-electron chi connectivity index (χ4n) is 1.22. The lowest BCUT2D eigenvalue weighted by molar-refractivity contribution is 0.317. The van der Waals surface area contributed by atoms with Crippen LogP contribution in [0.2, 0.25) is 0 Å². The van der Waals surface area contributed by atoms with Gasteiger partial charge in [-0.2, -0.15) is 10.5 Å². The van der Waals surface area contributed by atoms with E-state index in [1.807, 2.05) is 0 Å². The zero-order chi connectivity index (χ0) is 12.8. The van der Waals surface area contributed by atoms with Crippen LogP contribution < -0.4 is 4.74 Å². The van der Waals surface area contributed by atoms with Gasteiger partial charge in [-0.15, -0.1) is 0 Å². The third-order valence-electron chi connectivity index (χ3n) is 1.91. The minimum absolute atomic E-state index is 0.0825. The lowest BCUT2D eigenvalue weighted by Gasteiger charge is -2.08. The lowest BCUT2D eigenvalue weighted by Crippen LogP contribution is -1.93. The van der Waals surface area contributed by atoms with Gasteiger partial charge in [0, 0.05) is 10.0 Å². The number of ether oxygens (including phenoxy) is 1. The van der Waals surface area contributed by atoms with E-state index in [9.17, 15) is 5.11 Å². The van der Waals surface area contributed by atoms with Gasteiger partial charge in [-0.1, -0.05) is 15.9 Å². The maximum atomic E-state index is 9.88. The molecule has 0 atom stereocenters. The third-order valence-corrected chi connectivity index (χ3v) is 2.37. The molecule has 0 heterocycles. The van der Waals surface area contributed by atoms with Crippen LogP contribution in [0, 0.1) is 22.7 Å². The smallest absolute Gasteiger partial charge is 0.165 e. The molecule has 0 spiro atoms. The molecule has 0 amide bonds. The van der Waals surface area contributed by atoms with Gasteiger partial charge in [0.25, 0.3) is 0 Å². The van der Waals surface area contributed by atoms with Crippen LogP contribution in [-0.2, 0) is 0 Å². The number of aromatic hydroxyl groups is 1. The topological polar surface area (TPSA) is 77.0 Å². The number of nitriles is 2. The number of allylic oxidation sites excluding steroid dienone is 1. The van der Waals surface area contributed by atoms with E-state index in [0.29, 0.717) is 22.4 Å². The van der Waals surface area contributed by atoms with Crippen LogP contribution in [0.25, 0.3) is 6.08 Å². The van der Waals surface area contributed by atoms with Gasteiger partial charge in [0.1, 0.15) is 17.7 Å². The summed E-state index contributed by atoms with van der Waals surface area (Å²) in [5.74, 6) is 0.224. The van der Waals surface area contributed by atoms with Gasteiger partial charge in [-0.05, 0) is 25.1 Å². The zero-order valence-electron chi connectivity index (χ0n) is 9.07. The van der Waals surface area contributed by atoms with E-state index >= 15 is 0 Å². The first-order valence-corrected chi connectivity index (χ1v) is 5.58. The highest BCUT2D eigenvalue weighted by atomic mass is 79.9. The predicted molar refractivity (Wildman–Crippen MR) is 66.2 cm³/mol. The minimum atomic E-state index is -0.0851. The second kappa shape index (κ2) is 5.93. The monoisotopic (exact) mass is 292 g/mol. The first kappa shape index (κ1) is 13.1. The number of benzene rings is 1.